The molecule has 0 spiro atoms. The molecule has 8 heteroatoms. The Morgan fingerprint density at radius 1 is 1.03 bits per heavy atom. The molecule has 1 saturated heterocycles. The van der Waals surface area contributed by atoms with E-state index in [1.54, 1.807) is 10.8 Å². The van der Waals surface area contributed by atoms with E-state index in [0.29, 0.717) is 16.9 Å². The second-order valence-electron chi connectivity index (χ2n) is 7.20. The van der Waals surface area contributed by atoms with Gasteiger partial charge in [-0.3, -0.25) is 0 Å². The van der Waals surface area contributed by atoms with E-state index in [2.05, 4.69) is 16.0 Å². The molecule has 4 atom stereocenters. The Bertz CT molecular complexity index is 1210. The summed E-state index contributed by atoms with van der Waals surface area (Å²) in [5.74, 6) is 0.309. The van der Waals surface area contributed by atoms with E-state index in [-0.39, 0.29) is 0 Å². The third-order valence-electron chi connectivity index (χ3n) is 5.49. The van der Waals surface area contributed by atoms with Crippen molar-refractivity contribution in [1.82, 2.24) is 14.5 Å². The van der Waals surface area contributed by atoms with Crippen LogP contribution in [0.1, 0.15) is 6.23 Å². The van der Waals surface area contributed by atoms with Crippen molar-refractivity contribution in [3.63, 3.8) is 0 Å². The standard InChI is InChI=1S/C21H20N4O4/c22-19-16-14(13-6-5-11-3-1-2-4-12(11)7-13)8-25(20(16)24-10-23-19)21-18(28)17(27)15(9-26)29-21/h1-8,10,15,17-18,21,26-28H,9H2,(H2,22,23,24)/t15-,17?,18?,21-/m1/s1. The molecule has 0 saturated carbocycles. The minimum Gasteiger partial charge on any atom is -0.394 e. The lowest BCUT2D eigenvalue weighted by Gasteiger charge is -2.17. The number of benzene rings is 2. The molecule has 1 fully saturated rings. The highest BCUT2D eigenvalue weighted by atomic mass is 16.6. The van der Waals surface area contributed by atoms with Crippen molar-refractivity contribution >= 4 is 27.6 Å². The third kappa shape index (κ3) is 2.77. The van der Waals surface area contributed by atoms with E-state index in [1.807, 2.05) is 36.4 Å². The van der Waals surface area contributed by atoms with Crippen molar-refractivity contribution in [1.29, 1.82) is 0 Å². The topological polar surface area (TPSA) is 127 Å². The van der Waals surface area contributed by atoms with Crippen molar-refractivity contribution < 1.29 is 20.1 Å². The lowest BCUT2D eigenvalue weighted by molar-refractivity contribution is -0.0508. The summed E-state index contributed by atoms with van der Waals surface area (Å²) in [5, 5.41) is 32.9. The smallest absolute Gasteiger partial charge is 0.164 e. The fourth-order valence-electron chi connectivity index (χ4n) is 3.99. The van der Waals surface area contributed by atoms with Crippen molar-refractivity contribution in [2.45, 2.75) is 24.5 Å². The fourth-order valence-corrected chi connectivity index (χ4v) is 3.99. The SMILES string of the molecule is Nc1ncnc2c1c(-c1ccc3ccccc3c1)cn2[C@@H]1O[C@H](CO)C(O)C1O. The quantitative estimate of drug-likeness (QED) is 0.416. The number of fused-ring (bicyclic) bond motifs is 2. The Morgan fingerprint density at radius 3 is 2.59 bits per heavy atom. The number of nitrogen functional groups attached to an aromatic ring is 1. The van der Waals surface area contributed by atoms with Gasteiger partial charge in [-0.15, -0.1) is 0 Å². The van der Waals surface area contributed by atoms with E-state index < -0.39 is 31.1 Å². The lowest BCUT2D eigenvalue weighted by Crippen LogP contribution is -2.33. The van der Waals surface area contributed by atoms with Gasteiger partial charge in [-0.1, -0.05) is 36.4 Å². The van der Waals surface area contributed by atoms with Crippen LogP contribution in [0.15, 0.2) is 55.0 Å². The number of nitrogens with zero attached hydrogens (tertiary/aromatic N) is 3. The molecule has 2 unspecified atom stereocenters. The normalized spacial score (nSPS) is 24.5. The first-order valence-corrected chi connectivity index (χ1v) is 9.31. The van der Waals surface area contributed by atoms with Gasteiger partial charge in [0.2, 0.25) is 0 Å². The number of hydrogen-bond donors (Lipinski definition) is 4. The number of anilines is 1. The monoisotopic (exact) mass is 392 g/mol. The van der Waals surface area contributed by atoms with Crippen LogP contribution in [0.5, 0.6) is 0 Å². The van der Waals surface area contributed by atoms with Crippen LogP contribution in [0.4, 0.5) is 5.82 Å². The molecular weight excluding hydrogens is 372 g/mol. The molecule has 0 aliphatic carbocycles. The van der Waals surface area contributed by atoms with Gasteiger partial charge in [-0.2, -0.15) is 0 Å². The van der Waals surface area contributed by atoms with Crippen LogP contribution in [0.3, 0.4) is 0 Å². The van der Waals surface area contributed by atoms with Crippen LogP contribution in [0, 0.1) is 0 Å². The average Bonchev–Trinajstić information content (AvgIpc) is 3.26. The maximum Gasteiger partial charge on any atom is 0.164 e. The summed E-state index contributed by atoms with van der Waals surface area (Å²) in [4.78, 5) is 8.46. The molecule has 0 bridgehead atoms. The predicted molar refractivity (Wildman–Crippen MR) is 108 cm³/mol. The molecule has 0 amide bonds. The Kier molecular flexibility index (Phi) is 4.21. The van der Waals surface area contributed by atoms with Crippen LogP contribution in [0.2, 0.25) is 0 Å². The maximum absolute atomic E-state index is 10.5. The van der Waals surface area contributed by atoms with Gasteiger partial charge >= 0.3 is 0 Å². The number of aromatic nitrogens is 3. The summed E-state index contributed by atoms with van der Waals surface area (Å²) >= 11 is 0. The van der Waals surface area contributed by atoms with Crippen LogP contribution in [-0.2, 0) is 4.74 Å². The first-order valence-electron chi connectivity index (χ1n) is 9.31. The van der Waals surface area contributed by atoms with Gasteiger partial charge in [-0.25, -0.2) is 9.97 Å². The molecule has 0 radical (unpaired) electrons. The number of aliphatic hydroxyl groups is 3. The molecule has 3 heterocycles. The molecule has 1 aliphatic heterocycles. The summed E-state index contributed by atoms with van der Waals surface area (Å²) in [5.41, 5.74) is 8.37. The van der Waals surface area contributed by atoms with E-state index in [4.69, 9.17) is 10.5 Å². The van der Waals surface area contributed by atoms with Crippen LogP contribution in [0.25, 0.3) is 32.9 Å². The zero-order chi connectivity index (χ0) is 20.1. The molecule has 29 heavy (non-hydrogen) atoms. The summed E-state index contributed by atoms with van der Waals surface area (Å²) in [6.45, 7) is -0.400. The first kappa shape index (κ1) is 18.0. The number of hydrogen-bond acceptors (Lipinski definition) is 7. The van der Waals surface area contributed by atoms with Gasteiger partial charge in [0.05, 0.1) is 12.0 Å². The van der Waals surface area contributed by atoms with Crippen molar-refractivity contribution in [2.75, 3.05) is 12.3 Å². The molecule has 1 aliphatic rings. The molecule has 8 nitrogen and oxygen atoms in total. The van der Waals surface area contributed by atoms with Crippen LogP contribution < -0.4 is 5.73 Å². The zero-order valence-electron chi connectivity index (χ0n) is 15.4. The molecule has 5 rings (SSSR count). The van der Waals surface area contributed by atoms with Crippen LogP contribution in [-0.4, -0.2) is 54.8 Å². The second-order valence-corrected chi connectivity index (χ2v) is 7.20. The molecule has 148 valence electrons. The first-order chi connectivity index (χ1) is 14.1. The van der Waals surface area contributed by atoms with Crippen molar-refractivity contribution in [3.8, 4) is 11.1 Å². The zero-order valence-corrected chi connectivity index (χ0v) is 15.4. The Balaban J connectivity index is 1.71. The highest BCUT2D eigenvalue weighted by Gasteiger charge is 2.44. The Labute approximate surface area is 165 Å². The molecule has 4 aromatic rings. The Morgan fingerprint density at radius 2 is 1.83 bits per heavy atom. The fraction of sp³-hybridized carbons (Fsp3) is 0.238. The minimum absolute atomic E-state index is 0.309. The van der Waals surface area contributed by atoms with Crippen molar-refractivity contribution in [3.05, 3.63) is 55.0 Å². The molecule has 2 aromatic heterocycles. The summed E-state index contributed by atoms with van der Waals surface area (Å²) in [6.07, 6.45) is -1.07. The predicted octanol–water partition coefficient (Wildman–Crippen LogP) is 1.45. The minimum atomic E-state index is -1.22. The van der Waals surface area contributed by atoms with E-state index in [1.165, 1.54) is 6.33 Å². The van der Waals surface area contributed by atoms with Gasteiger partial charge in [0, 0.05) is 11.8 Å². The van der Waals surface area contributed by atoms with Crippen LogP contribution >= 0.6 is 0 Å². The maximum atomic E-state index is 10.5. The van der Waals surface area contributed by atoms with E-state index in [0.717, 1.165) is 21.9 Å². The molecule has 2 aromatic carbocycles. The van der Waals surface area contributed by atoms with Gasteiger partial charge in [0.25, 0.3) is 0 Å². The second kappa shape index (κ2) is 6.78. The Hall–Kier alpha value is -3.04. The summed E-state index contributed by atoms with van der Waals surface area (Å²) in [7, 11) is 0. The highest BCUT2D eigenvalue weighted by molar-refractivity contribution is 6.02. The largest absolute Gasteiger partial charge is 0.394 e. The lowest BCUT2D eigenvalue weighted by atomic mass is 10.0. The van der Waals surface area contributed by atoms with Gasteiger partial charge in [0.1, 0.15) is 36.1 Å². The average molecular weight is 392 g/mol. The summed E-state index contributed by atoms with van der Waals surface area (Å²) < 4.78 is 7.34. The number of rotatable bonds is 3. The van der Waals surface area contributed by atoms with Gasteiger partial charge in [-0.05, 0) is 22.4 Å². The molecular formula is C21H20N4O4. The number of ether oxygens (including phenoxy) is 1. The van der Waals surface area contributed by atoms with E-state index >= 15 is 0 Å². The molecule has 5 N–H and O–H groups in total. The number of nitrogens with two attached hydrogens (primary N) is 1. The van der Waals surface area contributed by atoms with Crippen molar-refractivity contribution in [2.24, 2.45) is 0 Å². The van der Waals surface area contributed by atoms with E-state index in [9.17, 15) is 15.3 Å². The third-order valence-corrected chi connectivity index (χ3v) is 5.49. The van der Waals surface area contributed by atoms with Gasteiger partial charge in [0.15, 0.2) is 6.23 Å². The van der Waals surface area contributed by atoms with Gasteiger partial charge < -0.3 is 30.4 Å². The number of aliphatic hydroxyl groups excluding tert-OH is 3. The highest BCUT2D eigenvalue weighted by Crippen LogP contribution is 2.38. The summed E-state index contributed by atoms with van der Waals surface area (Å²) in [6, 6.07) is 14.1.